The third-order valence-corrected chi connectivity index (χ3v) is 3.49. The summed E-state index contributed by atoms with van der Waals surface area (Å²) in [5, 5.41) is 13.4. The van der Waals surface area contributed by atoms with Gasteiger partial charge >= 0.3 is 0 Å². The molecule has 2 aromatic heterocycles. The molecule has 23 heavy (non-hydrogen) atoms. The molecule has 0 aromatic carbocycles. The minimum Gasteiger partial charge on any atom is -0.472 e. The van der Waals surface area contributed by atoms with Crippen LogP contribution in [0.4, 0.5) is 0 Å². The summed E-state index contributed by atoms with van der Waals surface area (Å²) < 4.78 is 12.6. The Balaban J connectivity index is 1.55. The monoisotopic (exact) mass is 319 g/mol. The molecule has 2 aromatic rings. The first-order valence-corrected chi connectivity index (χ1v) is 7.21. The van der Waals surface area contributed by atoms with E-state index in [0.29, 0.717) is 19.7 Å². The van der Waals surface area contributed by atoms with Crippen LogP contribution in [0.3, 0.4) is 0 Å². The summed E-state index contributed by atoms with van der Waals surface area (Å²) in [5.41, 5.74) is 2.48. The largest absolute Gasteiger partial charge is 0.472 e. The molecule has 1 atom stereocenters. The van der Waals surface area contributed by atoms with E-state index < -0.39 is 0 Å². The SMILES string of the molecule is CC(=O)NCC(=O)NC[C@@H]1Cn2nnc(-c3ccoc3)c2CO1. The van der Waals surface area contributed by atoms with Crippen molar-refractivity contribution < 1.29 is 18.7 Å². The van der Waals surface area contributed by atoms with Gasteiger partial charge in [-0.15, -0.1) is 5.10 Å². The summed E-state index contributed by atoms with van der Waals surface area (Å²) in [6, 6.07) is 1.82. The summed E-state index contributed by atoms with van der Waals surface area (Å²) in [5.74, 6) is -0.500. The molecule has 0 fully saturated rings. The molecule has 1 aliphatic rings. The van der Waals surface area contributed by atoms with Gasteiger partial charge in [-0.25, -0.2) is 4.68 Å². The van der Waals surface area contributed by atoms with Crippen molar-refractivity contribution in [3.05, 3.63) is 24.3 Å². The number of ether oxygens (including phenoxy) is 1. The van der Waals surface area contributed by atoms with Crippen LogP contribution in [0.2, 0.25) is 0 Å². The van der Waals surface area contributed by atoms with E-state index >= 15 is 0 Å². The van der Waals surface area contributed by atoms with Crippen LogP contribution in [0.1, 0.15) is 12.6 Å². The predicted molar refractivity (Wildman–Crippen MR) is 78.0 cm³/mol. The summed E-state index contributed by atoms with van der Waals surface area (Å²) >= 11 is 0. The number of hydrogen-bond acceptors (Lipinski definition) is 6. The van der Waals surface area contributed by atoms with Crippen LogP contribution in [0.5, 0.6) is 0 Å². The van der Waals surface area contributed by atoms with E-state index in [4.69, 9.17) is 9.15 Å². The quantitative estimate of drug-likeness (QED) is 0.782. The predicted octanol–water partition coefficient (Wildman–Crippen LogP) is -0.311. The lowest BCUT2D eigenvalue weighted by molar-refractivity contribution is -0.125. The van der Waals surface area contributed by atoms with Gasteiger partial charge in [0.1, 0.15) is 5.69 Å². The topological polar surface area (TPSA) is 111 Å². The van der Waals surface area contributed by atoms with Crippen molar-refractivity contribution in [2.45, 2.75) is 26.2 Å². The Morgan fingerprint density at radius 1 is 1.43 bits per heavy atom. The van der Waals surface area contributed by atoms with Gasteiger partial charge in [0, 0.05) is 19.0 Å². The van der Waals surface area contributed by atoms with Crippen LogP contribution in [-0.4, -0.2) is 46.0 Å². The lowest BCUT2D eigenvalue weighted by Crippen LogP contribution is -2.42. The van der Waals surface area contributed by atoms with E-state index in [1.54, 1.807) is 17.2 Å². The molecule has 0 saturated heterocycles. The molecular formula is C14H17N5O4. The molecule has 1 aliphatic heterocycles. The third-order valence-electron chi connectivity index (χ3n) is 3.49. The Hall–Kier alpha value is -2.68. The maximum absolute atomic E-state index is 11.6. The van der Waals surface area contributed by atoms with E-state index in [9.17, 15) is 9.59 Å². The fraction of sp³-hybridized carbons (Fsp3) is 0.429. The van der Waals surface area contributed by atoms with Crippen LogP contribution in [-0.2, 0) is 27.5 Å². The normalized spacial score (nSPS) is 16.7. The molecule has 0 saturated carbocycles. The van der Waals surface area contributed by atoms with E-state index in [1.165, 1.54) is 6.92 Å². The molecule has 0 radical (unpaired) electrons. The average Bonchev–Trinajstić information content (AvgIpc) is 3.19. The number of furan rings is 1. The average molecular weight is 319 g/mol. The van der Waals surface area contributed by atoms with Crippen molar-refractivity contribution in [2.75, 3.05) is 13.1 Å². The zero-order chi connectivity index (χ0) is 16.2. The number of nitrogens with one attached hydrogen (secondary N) is 2. The van der Waals surface area contributed by atoms with Crippen molar-refractivity contribution in [1.29, 1.82) is 0 Å². The molecule has 2 N–H and O–H groups in total. The number of rotatable bonds is 5. The molecule has 0 unspecified atom stereocenters. The number of hydrogen-bond donors (Lipinski definition) is 2. The zero-order valence-corrected chi connectivity index (χ0v) is 12.6. The van der Waals surface area contributed by atoms with Crippen LogP contribution >= 0.6 is 0 Å². The number of amides is 2. The number of carbonyl (C=O) groups is 2. The molecular weight excluding hydrogens is 302 g/mol. The Morgan fingerprint density at radius 2 is 2.30 bits per heavy atom. The zero-order valence-electron chi connectivity index (χ0n) is 12.6. The van der Waals surface area contributed by atoms with Crippen LogP contribution in [0.15, 0.2) is 23.0 Å². The lowest BCUT2D eigenvalue weighted by Gasteiger charge is -2.24. The van der Waals surface area contributed by atoms with Gasteiger partial charge in [0.25, 0.3) is 0 Å². The molecule has 2 amide bonds. The molecule has 0 bridgehead atoms. The second-order valence-electron chi connectivity index (χ2n) is 5.23. The highest BCUT2D eigenvalue weighted by molar-refractivity contribution is 5.83. The molecule has 9 nitrogen and oxygen atoms in total. The van der Waals surface area contributed by atoms with Gasteiger partial charge in [-0.2, -0.15) is 0 Å². The lowest BCUT2D eigenvalue weighted by atomic mass is 10.2. The van der Waals surface area contributed by atoms with Gasteiger partial charge in [0.15, 0.2) is 0 Å². The summed E-state index contributed by atoms with van der Waals surface area (Å²) in [6.45, 7) is 2.53. The van der Waals surface area contributed by atoms with Gasteiger partial charge in [0.2, 0.25) is 11.8 Å². The Labute approximate surface area is 132 Å². The highest BCUT2D eigenvalue weighted by atomic mass is 16.5. The fourth-order valence-electron chi connectivity index (χ4n) is 2.31. The van der Waals surface area contributed by atoms with E-state index in [1.807, 2.05) is 6.07 Å². The maximum atomic E-state index is 11.6. The van der Waals surface area contributed by atoms with Crippen LogP contribution < -0.4 is 10.6 Å². The fourth-order valence-corrected chi connectivity index (χ4v) is 2.31. The second-order valence-corrected chi connectivity index (χ2v) is 5.23. The summed E-state index contributed by atoms with van der Waals surface area (Å²) in [7, 11) is 0. The van der Waals surface area contributed by atoms with Gasteiger partial charge in [-0.05, 0) is 6.07 Å². The smallest absolute Gasteiger partial charge is 0.239 e. The summed E-state index contributed by atoms with van der Waals surface area (Å²) in [6.07, 6.45) is 3.00. The first-order chi connectivity index (χ1) is 11.1. The highest BCUT2D eigenvalue weighted by Crippen LogP contribution is 2.25. The maximum Gasteiger partial charge on any atom is 0.239 e. The third kappa shape index (κ3) is 3.57. The van der Waals surface area contributed by atoms with Crippen molar-refractivity contribution in [2.24, 2.45) is 0 Å². The Morgan fingerprint density at radius 3 is 3.04 bits per heavy atom. The highest BCUT2D eigenvalue weighted by Gasteiger charge is 2.25. The minimum absolute atomic E-state index is 0.0404. The number of carbonyl (C=O) groups excluding carboxylic acids is 2. The summed E-state index contributed by atoms with van der Waals surface area (Å²) in [4.78, 5) is 22.3. The van der Waals surface area contributed by atoms with E-state index in [2.05, 4.69) is 20.9 Å². The molecule has 3 rings (SSSR count). The number of fused-ring (bicyclic) bond motifs is 1. The van der Waals surface area contributed by atoms with E-state index in [-0.39, 0.29) is 24.5 Å². The first-order valence-electron chi connectivity index (χ1n) is 7.21. The van der Waals surface area contributed by atoms with Gasteiger partial charge in [-0.3, -0.25) is 9.59 Å². The Kier molecular flexibility index (Phi) is 4.38. The van der Waals surface area contributed by atoms with Crippen molar-refractivity contribution >= 4 is 11.8 Å². The van der Waals surface area contributed by atoms with Crippen molar-refractivity contribution in [1.82, 2.24) is 25.6 Å². The first kappa shape index (κ1) is 15.2. The van der Waals surface area contributed by atoms with Gasteiger partial charge < -0.3 is 19.8 Å². The van der Waals surface area contributed by atoms with E-state index in [0.717, 1.165) is 17.0 Å². The van der Waals surface area contributed by atoms with Gasteiger partial charge in [0.05, 0.1) is 44.0 Å². The molecule has 122 valence electrons. The molecule has 0 spiro atoms. The Bertz CT molecular complexity index is 694. The second kappa shape index (κ2) is 6.61. The standard InChI is InChI=1S/C14H17N5O4/c1-9(20)15-5-13(21)16-4-11-6-19-12(8-23-11)14(17-18-19)10-2-3-22-7-10/h2-3,7,11H,4-6,8H2,1H3,(H,15,20)(H,16,21)/t11-/m1/s1. The van der Waals surface area contributed by atoms with Crippen LogP contribution in [0, 0.1) is 0 Å². The minimum atomic E-state index is -0.257. The molecule has 9 heteroatoms. The van der Waals surface area contributed by atoms with Crippen molar-refractivity contribution in [3.63, 3.8) is 0 Å². The van der Waals surface area contributed by atoms with Crippen LogP contribution in [0.25, 0.3) is 11.3 Å². The number of nitrogens with zero attached hydrogens (tertiary/aromatic N) is 3. The number of aromatic nitrogens is 3. The molecule has 3 heterocycles. The molecule has 0 aliphatic carbocycles. The van der Waals surface area contributed by atoms with Crippen molar-refractivity contribution in [3.8, 4) is 11.3 Å². The van der Waals surface area contributed by atoms with Gasteiger partial charge in [-0.1, -0.05) is 5.21 Å².